The molecule has 28 heavy (non-hydrogen) atoms. The number of carboxylic acid groups (broad SMARTS) is 1. The van der Waals surface area contributed by atoms with Crippen molar-refractivity contribution in [3.05, 3.63) is 0 Å². The number of carboxylic acids is 1. The van der Waals surface area contributed by atoms with Gasteiger partial charge in [0.1, 0.15) is 6.04 Å². The molecule has 7 nitrogen and oxygen atoms in total. The van der Waals surface area contributed by atoms with Crippen molar-refractivity contribution in [1.82, 2.24) is 10.2 Å². The van der Waals surface area contributed by atoms with Crippen LogP contribution in [0.3, 0.4) is 0 Å². The van der Waals surface area contributed by atoms with Gasteiger partial charge in [0.15, 0.2) is 0 Å². The summed E-state index contributed by atoms with van der Waals surface area (Å²) >= 11 is 1.03. The largest absolute Gasteiger partial charge is 2.00 e. The molecule has 1 heterocycles. The molecule has 9 heteroatoms. The standard InChI is InChI=1S/C19H30N2O5S.Ca.2H/c1-12(17(23)21-10-6-9-15(21)18(24)25)11-27-19(26)13(2)20-16(22)14-7-4-3-5-8-14;;;/h12-15H,3-11H2,1-2H3,(H,20,22)(H,24,25);;;/q;+2;2*-1/t12-,13-,15+;;;/m1.../s1. The molecule has 1 aliphatic heterocycles. The minimum Gasteiger partial charge on any atom is -1.00 e. The number of hydrogen-bond donors (Lipinski definition) is 2. The number of thioether (sulfide) groups is 1. The second-order valence-corrected chi connectivity index (χ2v) is 8.65. The number of rotatable bonds is 7. The summed E-state index contributed by atoms with van der Waals surface area (Å²) in [6, 6.07) is -1.35. The first-order chi connectivity index (χ1) is 12.8. The van der Waals surface area contributed by atoms with Crippen LogP contribution in [0.4, 0.5) is 0 Å². The predicted molar refractivity (Wildman–Crippen MR) is 111 cm³/mol. The molecule has 0 aromatic rings. The SMILES string of the molecule is C[C@H](CSC(=O)[C@@H](C)NC(=O)C1CCCCC1)C(=O)N1CCC[C@H]1C(=O)O.[Ca+2].[H-].[H-]. The van der Waals surface area contributed by atoms with Crippen molar-refractivity contribution in [3.63, 3.8) is 0 Å². The summed E-state index contributed by atoms with van der Waals surface area (Å²) in [5, 5.41) is 11.8. The summed E-state index contributed by atoms with van der Waals surface area (Å²) in [4.78, 5) is 49.7. The van der Waals surface area contributed by atoms with Crippen molar-refractivity contribution in [1.29, 1.82) is 0 Å². The van der Waals surface area contributed by atoms with Gasteiger partial charge in [0, 0.05) is 24.1 Å². The number of hydrogen-bond acceptors (Lipinski definition) is 5. The van der Waals surface area contributed by atoms with Crippen LogP contribution in [0.15, 0.2) is 0 Å². The molecular formula is C19H32CaN2O5S. The van der Waals surface area contributed by atoms with Gasteiger partial charge in [-0.3, -0.25) is 14.4 Å². The first-order valence-corrected chi connectivity index (χ1v) is 10.8. The fourth-order valence-corrected chi connectivity index (χ4v) is 4.59. The molecule has 0 unspecified atom stereocenters. The van der Waals surface area contributed by atoms with E-state index >= 15 is 0 Å². The second kappa shape index (κ2) is 12.4. The third kappa shape index (κ3) is 7.18. The van der Waals surface area contributed by atoms with Gasteiger partial charge < -0.3 is 18.2 Å². The molecule has 2 amide bonds. The van der Waals surface area contributed by atoms with Crippen molar-refractivity contribution >= 4 is 72.4 Å². The number of aliphatic carboxylic acids is 1. The summed E-state index contributed by atoms with van der Waals surface area (Å²) in [7, 11) is 0. The minimum absolute atomic E-state index is 0. The van der Waals surface area contributed by atoms with E-state index in [-0.39, 0.29) is 69.2 Å². The Bertz CT molecular complexity index is 593. The first-order valence-electron chi connectivity index (χ1n) is 9.81. The van der Waals surface area contributed by atoms with Gasteiger partial charge in [-0.25, -0.2) is 4.79 Å². The molecular weight excluding hydrogens is 408 g/mol. The van der Waals surface area contributed by atoms with Crippen LogP contribution in [-0.4, -0.2) is 95.0 Å². The topological polar surface area (TPSA) is 104 Å². The van der Waals surface area contributed by atoms with Crippen LogP contribution in [0, 0.1) is 11.8 Å². The van der Waals surface area contributed by atoms with Gasteiger partial charge in [0.05, 0.1) is 6.04 Å². The Hall–Kier alpha value is -0.310. The molecule has 0 spiro atoms. The number of nitrogens with zero attached hydrogens (tertiary/aromatic N) is 1. The molecule has 2 rings (SSSR count). The van der Waals surface area contributed by atoms with Crippen LogP contribution in [0.5, 0.6) is 0 Å². The van der Waals surface area contributed by atoms with Crippen LogP contribution in [0.2, 0.25) is 0 Å². The van der Waals surface area contributed by atoms with Gasteiger partial charge in [-0.15, -0.1) is 0 Å². The quantitative estimate of drug-likeness (QED) is 0.586. The zero-order valence-corrected chi connectivity index (χ0v) is 19.8. The van der Waals surface area contributed by atoms with Gasteiger partial charge >= 0.3 is 43.7 Å². The normalized spacial score (nSPS) is 22.1. The molecule has 0 aromatic carbocycles. The Kier molecular flexibility index (Phi) is 11.4. The Morgan fingerprint density at radius 2 is 1.75 bits per heavy atom. The number of amides is 2. The minimum atomic E-state index is -0.976. The molecule has 3 atom stereocenters. The van der Waals surface area contributed by atoms with E-state index in [2.05, 4.69) is 5.32 Å². The van der Waals surface area contributed by atoms with Gasteiger partial charge in [-0.2, -0.15) is 0 Å². The molecule has 2 N–H and O–H groups in total. The van der Waals surface area contributed by atoms with Crippen molar-refractivity contribution in [2.75, 3.05) is 12.3 Å². The van der Waals surface area contributed by atoms with E-state index < -0.39 is 24.0 Å². The summed E-state index contributed by atoms with van der Waals surface area (Å²) in [6.07, 6.45) is 6.21. The molecule has 1 aliphatic carbocycles. The van der Waals surface area contributed by atoms with E-state index in [1.807, 2.05) is 0 Å². The third-order valence-corrected chi connectivity index (χ3v) is 6.71. The van der Waals surface area contributed by atoms with Gasteiger partial charge in [0.25, 0.3) is 0 Å². The molecule has 1 saturated heterocycles. The Balaban J connectivity index is 0. The van der Waals surface area contributed by atoms with Crippen molar-refractivity contribution < 1.29 is 27.1 Å². The summed E-state index contributed by atoms with van der Waals surface area (Å²) in [5.74, 6) is -1.41. The van der Waals surface area contributed by atoms with Crippen LogP contribution in [0.1, 0.15) is 61.6 Å². The van der Waals surface area contributed by atoms with E-state index in [4.69, 9.17) is 0 Å². The van der Waals surface area contributed by atoms with Gasteiger partial charge in [-0.1, -0.05) is 37.9 Å². The monoisotopic (exact) mass is 440 g/mol. The fraction of sp³-hybridized carbons (Fsp3) is 0.789. The van der Waals surface area contributed by atoms with Gasteiger partial charge in [0.2, 0.25) is 16.9 Å². The predicted octanol–water partition coefficient (Wildman–Crippen LogP) is 1.89. The van der Waals surface area contributed by atoms with Crippen LogP contribution < -0.4 is 5.32 Å². The van der Waals surface area contributed by atoms with Crippen LogP contribution in [0.25, 0.3) is 0 Å². The van der Waals surface area contributed by atoms with Crippen molar-refractivity contribution in [3.8, 4) is 0 Å². The first kappa shape index (κ1) is 25.7. The van der Waals surface area contributed by atoms with Crippen molar-refractivity contribution in [2.45, 2.75) is 70.9 Å². The Morgan fingerprint density at radius 3 is 2.36 bits per heavy atom. The van der Waals surface area contributed by atoms with E-state index in [0.717, 1.165) is 37.4 Å². The van der Waals surface area contributed by atoms with Gasteiger partial charge in [-0.05, 0) is 32.6 Å². The number of carbonyl (C=O) groups excluding carboxylic acids is 3. The molecule has 0 bridgehead atoms. The molecule has 1 saturated carbocycles. The summed E-state index contributed by atoms with van der Waals surface area (Å²) < 4.78 is 0. The van der Waals surface area contributed by atoms with E-state index in [9.17, 15) is 24.3 Å². The smallest absolute Gasteiger partial charge is 1.00 e. The molecule has 0 aromatic heterocycles. The maximum Gasteiger partial charge on any atom is 2.00 e. The van der Waals surface area contributed by atoms with E-state index in [1.165, 1.54) is 11.3 Å². The van der Waals surface area contributed by atoms with Crippen LogP contribution in [-0.2, 0) is 19.2 Å². The number of carbonyl (C=O) groups is 4. The molecule has 0 radical (unpaired) electrons. The Labute approximate surface area is 203 Å². The number of likely N-dealkylation sites (tertiary alicyclic amines) is 1. The molecule has 2 aliphatic rings. The molecule has 2 fully saturated rings. The average Bonchev–Trinajstić information content (AvgIpc) is 3.15. The maximum atomic E-state index is 12.5. The maximum absolute atomic E-state index is 12.5. The third-order valence-electron chi connectivity index (χ3n) is 5.41. The van der Waals surface area contributed by atoms with E-state index in [0.29, 0.717) is 19.4 Å². The van der Waals surface area contributed by atoms with Crippen molar-refractivity contribution in [2.24, 2.45) is 11.8 Å². The zero-order chi connectivity index (χ0) is 20.0. The average molecular weight is 441 g/mol. The van der Waals surface area contributed by atoms with Crippen LogP contribution >= 0.6 is 11.8 Å². The molecule has 156 valence electrons. The zero-order valence-electron chi connectivity index (χ0n) is 18.8. The Morgan fingerprint density at radius 1 is 1.11 bits per heavy atom. The summed E-state index contributed by atoms with van der Waals surface area (Å²) in [5.41, 5.74) is 0. The fourth-order valence-electron chi connectivity index (χ4n) is 3.73. The van der Waals surface area contributed by atoms with E-state index in [1.54, 1.807) is 13.8 Å². The number of nitrogens with one attached hydrogen (secondary N) is 1. The summed E-state index contributed by atoms with van der Waals surface area (Å²) in [6.45, 7) is 3.83. The second-order valence-electron chi connectivity index (χ2n) is 7.62.